The predicted molar refractivity (Wildman–Crippen MR) is 104 cm³/mol. The van der Waals surface area contributed by atoms with Gasteiger partial charge in [-0.15, -0.1) is 0 Å². The maximum atomic E-state index is 12.8. The summed E-state index contributed by atoms with van der Waals surface area (Å²) in [4.78, 5) is 26.8. The maximum absolute atomic E-state index is 12.8. The number of ether oxygens (including phenoxy) is 1. The normalized spacial score (nSPS) is 15.5. The molecule has 0 saturated heterocycles. The Balaban J connectivity index is 1.69. The molecule has 0 bridgehead atoms. The molecule has 5 heteroatoms. The first-order chi connectivity index (χ1) is 12.8. The van der Waals surface area contributed by atoms with Crippen molar-refractivity contribution in [1.82, 2.24) is 4.90 Å². The van der Waals surface area contributed by atoms with Crippen LogP contribution in [-0.2, 0) is 12.8 Å². The van der Waals surface area contributed by atoms with Gasteiger partial charge in [0.25, 0.3) is 5.91 Å². The van der Waals surface area contributed by atoms with Crippen molar-refractivity contribution in [2.75, 3.05) is 13.6 Å². The third kappa shape index (κ3) is 4.41. The van der Waals surface area contributed by atoms with Crippen molar-refractivity contribution < 1.29 is 13.9 Å². The van der Waals surface area contributed by atoms with Crippen molar-refractivity contribution in [1.29, 1.82) is 0 Å². The summed E-state index contributed by atoms with van der Waals surface area (Å²) in [6, 6.07) is 9.70. The number of carbonyl (C=O) groups is 1. The molecule has 2 aromatic rings. The standard InChI is InChI=1S/C22H27NO4/c1-14(2)9-10-17-11-15(3)20(22(25)27-17)21(24)23(4)13-18-12-16-7-5-6-8-19(16)26-18/h5-8,11,14,18H,9-10,12-13H2,1-4H3. The topological polar surface area (TPSA) is 59.8 Å². The molecule has 0 spiro atoms. The Morgan fingerprint density at radius 1 is 1.30 bits per heavy atom. The minimum absolute atomic E-state index is 0.103. The van der Waals surface area contributed by atoms with Crippen LogP contribution in [0.3, 0.4) is 0 Å². The van der Waals surface area contributed by atoms with Gasteiger partial charge in [-0.2, -0.15) is 0 Å². The summed E-state index contributed by atoms with van der Waals surface area (Å²) in [6.07, 6.45) is 2.30. The van der Waals surface area contributed by atoms with Crippen LogP contribution in [0.2, 0.25) is 0 Å². The fraction of sp³-hybridized carbons (Fsp3) is 0.455. The Kier molecular flexibility index (Phi) is 5.68. The summed E-state index contributed by atoms with van der Waals surface area (Å²) < 4.78 is 11.3. The fourth-order valence-electron chi connectivity index (χ4n) is 3.42. The zero-order valence-electron chi connectivity index (χ0n) is 16.5. The molecule has 3 rings (SSSR count). The van der Waals surface area contributed by atoms with Gasteiger partial charge in [0.1, 0.15) is 23.2 Å². The van der Waals surface area contributed by atoms with Crippen molar-refractivity contribution in [3.8, 4) is 5.75 Å². The molecule has 1 aliphatic heterocycles. The first kappa shape index (κ1) is 19.2. The van der Waals surface area contributed by atoms with Gasteiger partial charge in [0, 0.05) is 19.9 Å². The van der Waals surface area contributed by atoms with Crippen molar-refractivity contribution >= 4 is 5.91 Å². The van der Waals surface area contributed by atoms with E-state index in [0.717, 1.165) is 24.2 Å². The van der Waals surface area contributed by atoms with Gasteiger partial charge >= 0.3 is 5.63 Å². The number of fused-ring (bicyclic) bond motifs is 1. The van der Waals surface area contributed by atoms with Crippen LogP contribution >= 0.6 is 0 Å². The second-order valence-corrected chi connectivity index (χ2v) is 7.73. The molecule has 1 unspecified atom stereocenters. The van der Waals surface area contributed by atoms with Crippen molar-refractivity contribution in [2.45, 2.75) is 46.1 Å². The van der Waals surface area contributed by atoms with Crippen molar-refractivity contribution in [3.63, 3.8) is 0 Å². The van der Waals surface area contributed by atoms with Gasteiger partial charge in [-0.3, -0.25) is 4.79 Å². The Hall–Kier alpha value is -2.56. The van der Waals surface area contributed by atoms with Gasteiger partial charge in [-0.05, 0) is 42.5 Å². The van der Waals surface area contributed by atoms with E-state index in [1.807, 2.05) is 30.3 Å². The number of aryl methyl sites for hydroxylation is 2. The number of benzene rings is 1. The molecule has 0 aliphatic carbocycles. The lowest BCUT2D eigenvalue weighted by molar-refractivity contribution is 0.0724. The number of likely N-dealkylation sites (N-methyl/N-ethyl adjacent to an activating group) is 1. The molecule has 0 saturated carbocycles. The van der Waals surface area contributed by atoms with Gasteiger partial charge in [0.2, 0.25) is 0 Å². The highest BCUT2D eigenvalue weighted by Gasteiger charge is 2.27. The second kappa shape index (κ2) is 7.99. The highest BCUT2D eigenvalue weighted by atomic mass is 16.5. The number of rotatable bonds is 6. The van der Waals surface area contributed by atoms with Crippen LogP contribution in [-0.4, -0.2) is 30.5 Å². The van der Waals surface area contributed by atoms with Gasteiger partial charge in [0.15, 0.2) is 0 Å². The number of carbonyl (C=O) groups excluding carboxylic acids is 1. The Morgan fingerprint density at radius 3 is 2.70 bits per heavy atom. The largest absolute Gasteiger partial charge is 0.488 e. The molecule has 2 heterocycles. The van der Waals surface area contributed by atoms with Crippen LogP contribution in [0.5, 0.6) is 5.75 Å². The molecule has 1 aromatic carbocycles. The monoisotopic (exact) mass is 369 g/mol. The van der Waals surface area contributed by atoms with Gasteiger partial charge < -0.3 is 14.1 Å². The number of amides is 1. The molecule has 0 radical (unpaired) electrons. The van der Waals surface area contributed by atoms with E-state index in [1.54, 1.807) is 18.9 Å². The molecule has 1 atom stereocenters. The molecular formula is C22H27NO4. The second-order valence-electron chi connectivity index (χ2n) is 7.73. The summed E-state index contributed by atoms with van der Waals surface area (Å²) in [5.74, 6) is 1.71. The van der Waals surface area contributed by atoms with E-state index in [1.165, 1.54) is 0 Å². The lowest BCUT2D eigenvalue weighted by Gasteiger charge is -2.21. The average Bonchev–Trinajstić information content (AvgIpc) is 3.01. The first-order valence-electron chi connectivity index (χ1n) is 9.48. The molecule has 144 valence electrons. The van der Waals surface area contributed by atoms with Crippen LogP contribution in [0.25, 0.3) is 0 Å². The highest BCUT2D eigenvalue weighted by Crippen LogP contribution is 2.28. The molecule has 0 fully saturated rings. The zero-order valence-corrected chi connectivity index (χ0v) is 16.5. The van der Waals surface area contributed by atoms with E-state index < -0.39 is 5.63 Å². The van der Waals surface area contributed by atoms with E-state index in [-0.39, 0.29) is 17.6 Å². The van der Waals surface area contributed by atoms with Gasteiger partial charge in [-0.25, -0.2) is 4.79 Å². The summed E-state index contributed by atoms with van der Waals surface area (Å²) in [5, 5.41) is 0. The van der Waals surface area contributed by atoms with Crippen LogP contribution in [0.15, 0.2) is 39.5 Å². The number of nitrogens with zero attached hydrogens (tertiary/aromatic N) is 1. The lowest BCUT2D eigenvalue weighted by Crippen LogP contribution is -2.38. The van der Waals surface area contributed by atoms with Crippen LogP contribution in [0.4, 0.5) is 0 Å². The predicted octanol–water partition coefficient (Wildman–Crippen LogP) is 3.61. The van der Waals surface area contributed by atoms with Gasteiger partial charge in [0.05, 0.1) is 6.54 Å². The lowest BCUT2D eigenvalue weighted by atomic mass is 10.0. The van der Waals surface area contributed by atoms with E-state index >= 15 is 0 Å². The van der Waals surface area contributed by atoms with E-state index in [2.05, 4.69) is 13.8 Å². The van der Waals surface area contributed by atoms with E-state index in [0.29, 0.717) is 30.2 Å². The van der Waals surface area contributed by atoms with Crippen LogP contribution in [0, 0.1) is 12.8 Å². The van der Waals surface area contributed by atoms with Gasteiger partial charge in [-0.1, -0.05) is 32.0 Å². The maximum Gasteiger partial charge on any atom is 0.349 e. The summed E-state index contributed by atoms with van der Waals surface area (Å²) in [6.45, 7) is 6.46. The number of hydrogen-bond acceptors (Lipinski definition) is 4. The fourth-order valence-corrected chi connectivity index (χ4v) is 3.42. The SMILES string of the molecule is Cc1cc(CCC(C)C)oc(=O)c1C(=O)N(C)CC1Cc2ccccc2O1. The smallest absolute Gasteiger partial charge is 0.349 e. The third-order valence-electron chi connectivity index (χ3n) is 4.92. The first-order valence-corrected chi connectivity index (χ1v) is 9.48. The highest BCUT2D eigenvalue weighted by molar-refractivity contribution is 5.95. The molecule has 1 amide bonds. The zero-order chi connectivity index (χ0) is 19.6. The van der Waals surface area contributed by atoms with E-state index in [4.69, 9.17) is 9.15 Å². The number of para-hydroxylation sites is 1. The molecule has 1 aliphatic rings. The molecular weight excluding hydrogens is 342 g/mol. The van der Waals surface area contributed by atoms with Crippen molar-refractivity contribution in [2.24, 2.45) is 5.92 Å². The molecule has 0 N–H and O–H groups in total. The molecule has 1 aromatic heterocycles. The van der Waals surface area contributed by atoms with Crippen molar-refractivity contribution in [3.05, 3.63) is 63.2 Å². The quantitative estimate of drug-likeness (QED) is 0.780. The molecule has 27 heavy (non-hydrogen) atoms. The Morgan fingerprint density at radius 2 is 2.04 bits per heavy atom. The molecule has 5 nitrogen and oxygen atoms in total. The summed E-state index contributed by atoms with van der Waals surface area (Å²) in [7, 11) is 1.69. The third-order valence-corrected chi connectivity index (χ3v) is 4.92. The van der Waals surface area contributed by atoms with E-state index in [9.17, 15) is 9.59 Å². The number of hydrogen-bond donors (Lipinski definition) is 0. The average molecular weight is 369 g/mol. The van der Waals surface area contributed by atoms with Crippen LogP contribution < -0.4 is 10.4 Å². The summed E-state index contributed by atoms with van der Waals surface area (Å²) in [5.41, 5.74) is 1.37. The Labute approximate surface area is 159 Å². The Bertz CT molecular complexity index is 859. The minimum atomic E-state index is -0.554. The van der Waals surface area contributed by atoms with Crippen LogP contribution in [0.1, 0.15) is 47.5 Å². The summed E-state index contributed by atoms with van der Waals surface area (Å²) >= 11 is 0. The minimum Gasteiger partial charge on any atom is -0.488 e.